The first-order valence-electron chi connectivity index (χ1n) is 8.76. The van der Waals surface area contributed by atoms with Crippen LogP contribution in [0.3, 0.4) is 0 Å². The molecule has 0 unspecified atom stereocenters. The van der Waals surface area contributed by atoms with Gasteiger partial charge in [0.15, 0.2) is 4.96 Å². The van der Waals surface area contributed by atoms with Crippen LogP contribution < -0.4 is 9.46 Å². The lowest BCUT2D eigenvalue weighted by Gasteiger charge is -2.12. The number of imidazole rings is 1. The number of anilines is 1. The topological polar surface area (TPSA) is 72.7 Å². The van der Waals surface area contributed by atoms with Gasteiger partial charge in [0.05, 0.1) is 12.3 Å². The summed E-state index contributed by atoms with van der Waals surface area (Å²) in [4.78, 5) is 5.67. The molecule has 8 heteroatoms. The van der Waals surface area contributed by atoms with Crippen molar-refractivity contribution in [3.63, 3.8) is 0 Å². The Morgan fingerprint density at radius 3 is 2.61 bits per heavy atom. The zero-order valence-corrected chi connectivity index (χ0v) is 17.0. The van der Waals surface area contributed by atoms with Crippen molar-refractivity contribution < 1.29 is 13.2 Å². The standard InChI is InChI=1S/C20H19N3O3S2/c1-3-26-18-6-4-5-7-19(18)28(24,25)22-16-10-8-15(9-11-16)17-12-23-14(2)13-27-20(23)21-17/h4-13,22H,3H2,1-2H3. The maximum absolute atomic E-state index is 12.8. The second-order valence-electron chi connectivity index (χ2n) is 6.22. The Balaban J connectivity index is 1.59. The molecular weight excluding hydrogens is 394 g/mol. The molecule has 1 N–H and O–H groups in total. The van der Waals surface area contributed by atoms with Gasteiger partial charge in [-0.25, -0.2) is 13.4 Å². The fourth-order valence-electron chi connectivity index (χ4n) is 2.90. The molecule has 0 aliphatic rings. The van der Waals surface area contributed by atoms with Crippen molar-refractivity contribution in [3.05, 3.63) is 65.8 Å². The third-order valence-electron chi connectivity index (χ3n) is 4.26. The SMILES string of the molecule is CCOc1ccccc1S(=O)(=O)Nc1ccc(-c2cn3c(C)csc3n2)cc1. The summed E-state index contributed by atoms with van der Waals surface area (Å²) < 4.78 is 35.6. The number of ether oxygens (including phenoxy) is 1. The number of hydrogen-bond donors (Lipinski definition) is 1. The molecule has 4 rings (SSSR count). The number of aryl methyl sites for hydroxylation is 1. The van der Waals surface area contributed by atoms with E-state index in [-0.39, 0.29) is 4.90 Å². The lowest BCUT2D eigenvalue weighted by molar-refractivity contribution is 0.331. The Hall–Kier alpha value is -2.84. The number of fused-ring (bicyclic) bond motifs is 1. The average Bonchev–Trinajstić information content (AvgIpc) is 3.25. The van der Waals surface area contributed by atoms with E-state index in [4.69, 9.17) is 4.74 Å². The maximum Gasteiger partial charge on any atom is 0.265 e. The number of hydrogen-bond acceptors (Lipinski definition) is 5. The highest BCUT2D eigenvalue weighted by Crippen LogP contribution is 2.28. The van der Waals surface area contributed by atoms with Gasteiger partial charge in [-0.3, -0.25) is 9.12 Å². The van der Waals surface area contributed by atoms with Crippen molar-refractivity contribution >= 4 is 32.0 Å². The number of benzene rings is 2. The zero-order chi connectivity index (χ0) is 19.7. The van der Waals surface area contributed by atoms with Crippen LogP contribution in [0.15, 0.2) is 65.0 Å². The van der Waals surface area contributed by atoms with Crippen LogP contribution in [0.5, 0.6) is 5.75 Å². The molecule has 2 aromatic heterocycles. The van der Waals surface area contributed by atoms with Crippen molar-refractivity contribution in [2.45, 2.75) is 18.7 Å². The predicted molar refractivity (Wildman–Crippen MR) is 112 cm³/mol. The minimum atomic E-state index is -3.75. The van der Waals surface area contributed by atoms with E-state index in [1.54, 1.807) is 41.7 Å². The van der Waals surface area contributed by atoms with Crippen LogP contribution in [0.25, 0.3) is 16.2 Å². The molecule has 6 nitrogen and oxygen atoms in total. The van der Waals surface area contributed by atoms with E-state index in [9.17, 15) is 8.42 Å². The number of aromatic nitrogens is 2. The molecule has 0 spiro atoms. The highest BCUT2D eigenvalue weighted by atomic mass is 32.2. The molecule has 0 fully saturated rings. The molecule has 0 saturated heterocycles. The predicted octanol–water partition coefficient (Wildman–Crippen LogP) is 4.57. The molecule has 0 atom stereocenters. The first-order valence-corrected chi connectivity index (χ1v) is 11.1. The van der Waals surface area contributed by atoms with Crippen molar-refractivity contribution in [1.29, 1.82) is 0 Å². The first kappa shape index (κ1) is 18.5. The van der Waals surface area contributed by atoms with Crippen LogP contribution >= 0.6 is 11.3 Å². The second-order valence-corrected chi connectivity index (χ2v) is 8.71. The maximum atomic E-state index is 12.8. The largest absolute Gasteiger partial charge is 0.492 e. The molecule has 2 heterocycles. The molecular formula is C20H19N3O3S2. The normalized spacial score (nSPS) is 11.6. The molecule has 0 aliphatic heterocycles. The monoisotopic (exact) mass is 413 g/mol. The summed E-state index contributed by atoms with van der Waals surface area (Å²) in [7, 11) is -3.75. The number of nitrogens with zero attached hydrogens (tertiary/aromatic N) is 2. The molecule has 2 aromatic carbocycles. The van der Waals surface area contributed by atoms with Crippen molar-refractivity contribution in [2.75, 3.05) is 11.3 Å². The summed E-state index contributed by atoms with van der Waals surface area (Å²) in [5, 5.41) is 2.06. The molecule has 0 radical (unpaired) electrons. The third-order valence-corrected chi connectivity index (χ3v) is 6.64. The van der Waals surface area contributed by atoms with Crippen LogP contribution in [-0.4, -0.2) is 24.4 Å². The number of rotatable bonds is 6. The number of sulfonamides is 1. The fraction of sp³-hybridized carbons (Fsp3) is 0.150. The van der Waals surface area contributed by atoms with E-state index in [2.05, 4.69) is 15.1 Å². The molecule has 4 aromatic rings. The van der Waals surface area contributed by atoms with Gasteiger partial charge in [0.1, 0.15) is 10.6 Å². The van der Waals surface area contributed by atoms with Crippen molar-refractivity contribution in [3.8, 4) is 17.0 Å². The Kier molecular flexibility index (Phi) is 4.82. The Labute approximate surface area is 167 Å². The summed E-state index contributed by atoms with van der Waals surface area (Å²) >= 11 is 1.59. The number of thiazole rings is 1. The summed E-state index contributed by atoms with van der Waals surface area (Å²) in [5.74, 6) is 0.336. The molecule has 0 amide bonds. The van der Waals surface area contributed by atoms with E-state index in [0.717, 1.165) is 21.9 Å². The molecule has 144 valence electrons. The Morgan fingerprint density at radius 1 is 1.14 bits per heavy atom. The second kappa shape index (κ2) is 7.29. The van der Waals surface area contributed by atoms with Crippen LogP contribution in [0.1, 0.15) is 12.6 Å². The summed E-state index contributed by atoms with van der Waals surface area (Å²) in [6.45, 7) is 4.24. The number of para-hydroxylation sites is 1. The molecule has 0 bridgehead atoms. The van der Waals surface area contributed by atoms with Crippen molar-refractivity contribution in [1.82, 2.24) is 9.38 Å². The Morgan fingerprint density at radius 2 is 1.89 bits per heavy atom. The average molecular weight is 414 g/mol. The van der Waals surface area contributed by atoms with Crippen LogP contribution in [0.4, 0.5) is 5.69 Å². The summed E-state index contributed by atoms with van der Waals surface area (Å²) in [5.41, 5.74) is 3.39. The highest BCUT2D eigenvalue weighted by Gasteiger charge is 2.19. The summed E-state index contributed by atoms with van der Waals surface area (Å²) in [6, 6.07) is 13.8. The molecule has 28 heavy (non-hydrogen) atoms. The minimum Gasteiger partial charge on any atom is -0.492 e. The van der Waals surface area contributed by atoms with Crippen LogP contribution in [-0.2, 0) is 10.0 Å². The van der Waals surface area contributed by atoms with Gasteiger partial charge in [0.2, 0.25) is 0 Å². The van der Waals surface area contributed by atoms with E-state index < -0.39 is 10.0 Å². The lowest BCUT2D eigenvalue weighted by atomic mass is 10.1. The fourth-order valence-corrected chi connectivity index (χ4v) is 4.96. The highest BCUT2D eigenvalue weighted by molar-refractivity contribution is 7.92. The lowest BCUT2D eigenvalue weighted by Crippen LogP contribution is -2.14. The number of nitrogens with one attached hydrogen (secondary N) is 1. The van der Waals surface area contributed by atoms with Gasteiger partial charge in [0.25, 0.3) is 10.0 Å². The minimum absolute atomic E-state index is 0.116. The summed E-state index contributed by atoms with van der Waals surface area (Å²) in [6.07, 6.45) is 1.98. The molecule has 0 aliphatic carbocycles. The van der Waals surface area contributed by atoms with Gasteiger partial charge in [-0.2, -0.15) is 0 Å². The van der Waals surface area contributed by atoms with Crippen LogP contribution in [0.2, 0.25) is 0 Å². The zero-order valence-electron chi connectivity index (χ0n) is 15.4. The van der Waals surface area contributed by atoms with Gasteiger partial charge < -0.3 is 4.74 Å². The van der Waals surface area contributed by atoms with Gasteiger partial charge in [-0.05, 0) is 38.1 Å². The van der Waals surface area contributed by atoms with Gasteiger partial charge in [-0.15, -0.1) is 11.3 Å². The van der Waals surface area contributed by atoms with Gasteiger partial charge >= 0.3 is 0 Å². The van der Waals surface area contributed by atoms with E-state index >= 15 is 0 Å². The van der Waals surface area contributed by atoms with Gasteiger partial charge in [-0.1, -0.05) is 24.3 Å². The Bertz CT molecular complexity index is 1230. The van der Waals surface area contributed by atoms with E-state index in [0.29, 0.717) is 18.0 Å². The van der Waals surface area contributed by atoms with E-state index in [1.807, 2.05) is 36.6 Å². The first-order chi connectivity index (χ1) is 13.5. The third kappa shape index (κ3) is 3.48. The van der Waals surface area contributed by atoms with Crippen molar-refractivity contribution in [2.24, 2.45) is 0 Å². The quantitative estimate of drug-likeness (QED) is 0.502. The van der Waals surface area contributed by atoms with Gasteiger partial charge in [0, 0.05) is 28.5 Å². The van der Waals surface area contributed by atoms with E-state index in [1.165, 1.54) is 6.07 Å². The smallest absolute Gasteiger partial charge is 0.265 e. The molecule has 0 saturated carbocycles. The van der Waals surface area contributed by atoms with Crippen LogP contribution in [0, 0.1) is 6.92 Å².